The lowest BCUT2D eigenvalue weighted by atomic mass is 10.1. The van der Waals surface area contributed by atoms with E-state index in [4.69, 9.17) is 0 Å². The molecule has 1 aromatic rings. The number of benzene rings is 1. The van der Waals surface area contributed by atoms with E-state index in [1.54, 1.807) is 11.8 Å². The van der Waals surface area contributed by atoms with Crippen molar-refractivity contribution in [3.8, 4) is 0 Å². The Bertz CT molecular complexity index is 323. The van der Waals surface area contributed by atoms with Crippen LogP contribution in [0.25, 0.3) is 0 Å². The van der Waals surface area contributed by atoms with Crippen LogP contribution in [0.15, 0.2) is 24.3 Å². The molecule has 1 aromatic carbocycles. The molecule has 3 heteroatoms. The second kappa shape index (κ2) is 6.96. The summed E-state index contributed by atoms with van der Waals surface area (Å²) in [4.78, 5) is 11.7. The first-order chi connectivity index (χ1) is 7.24. The fraction of sp³-hybridized carbons (Fsp3) is 0.417. The van der Waals surface area contributed by atoms with Crippen LogP contribution in [-0.4, -0.2) is 29.3 Å². The molecule has 0 saturated carbocycles. The topological polar surface area (TPSA) is 17.1 Å². The van der Waals surface area contributed by atoms with Crippen LogP contribution in [0.1, 0.15) is 15.9 Å². The molecule has 0 aliphatic rings. The lowest BCUT2D eigenvalue weighted by Gasteiger charge is -2.01. The van der Waals surface area contributed by atoms with E-state index in [0.29, 0.717) is 5.75 Å². The molecular weight excluding hydrogens is 224 g/mol. The summed E-state index contributed by atoms with van der Waals surface area (Å²) in [6.45, 7) is 2.01. The number of aryl methyl sites for hydroxylation is 1. The molecule has 0 radical (unpaired) electrons. The predicted octanol–water partition coefficient (Wildman–Crippen LogP) is 3.27. The van der Waals surface area contributed by atoms with Crippen LogP contribution in [0.2, 0.25) is 0 Å². The SMILES string of the molecule is CSCCSCC(=O)c1cccc(C)c1. The van der Waals surface area contributed by atoms with Gasteiger partial charge in [-0.3, -0.25) is 4.79 Å². The molecule has 0 N–H and O–H groups in total. The van der Waals surface area contributed by atoms with Crippen molar-refractivity contribution < 1.29 is 4.79 Å². The largest absolute Gasteiger partial charge is 0.293 e. The maximum atomic E-state index is 11.7. The van der Waals surface area contributed by atoms with E-state index in [2.05, 4.69) is 6.26 Å². The Morgan fingerprint density at radius 2 is 2.13 bits per heavy atom. The molecule has 15 heavy (non-hydrogen) atoms. The summed E-state index contributed by atoms with van der Waals surface area (Å²) in [6.07, 6.45) is 2.09. The quantitative estimate of drug-likeness (QED) is 0.561. The third-order valence-corrected chi connectivity index (χ3v) is 3.83. The molecule has 0 amide bonds. The molecule has 0 bridgehead atoms. The summed E-state index contributed by atoms with van der Waals surface area (Å²) in [6, 6.07) is 7.80. The number of hydrogen-bond acceptors (Lipinski definition) is 3. The van der Waals surface area contributed by atoms with E-state index in [0.717, 1.165) is 22.6 Å². The Kier molecular flexibility index (Phi) is 5.88. The molecular formula is C12H16OS2. The Balaban J connectivity index is 2.40. The first-order valence-electron chi connectivity index (χ1n) is 4.90. The summed E-state index contributed by atoms with van der Waals surface area (Å²) in [5.41, 5.74) is 1.99. The molecule has 0 atom stereocenters. The Morgan fingerprint density at radius 1 is 1.33 bits per heavy atom. The number of hydrogen-bond donors (Lipinski definition) is 0. The van der Waals surface area contributed by atoms with Gasteiger partial charge in [-0.25, -0.2) is 0 Å². The molecule has 0 unspecified atom stereocenters. The molecule has 0 saturated heterocycles. The zero-order valence-corrected chi connectivity index (χ0v) is 10.8. The fourth-order valence-corrected chi connectivity index (χ4v) is 2.84. The summed E-state index contributed by atoms with van der Waals surface area (Å²) < 4.78 is 0. The Morgan fingerprint density at radius 3 is 2.80 bits per heavy atom. The van der Waals surface area contributed by atoms with Crippen molar-refractivity contribution in [2.24, 2.45) is 0 Å². The Hall–Kier alpha value is -0.410. The smallest absolute Gasteiger partial charge is 0.172 e. The zero-order valence-electron chi connectivity index (χ0n) is 9.16. The van der Waals surface area contributed by atoms with E-state index in [1.807, 2.05) is 43.0 Å². The van der Waals surface area contributed by atoms with Crippen molar-refractivity contribution >= 4 is 29.3 Å². The van der Waals surface area contributed by atoms with Crippen molar-refractivity contribution in [1.29, 1.82) is 0 Å². The monoisotopic (exact) mass is 240 g/mol. The van der Waals surface area contributed by atoms with Crippen LogP contribution in [0.3, 0.4) is 0 Å². The summed E-state index contributed by atoms with van der Waals surface area (Å²) >= 11 is 3.54. The molecule has 82 valence electrons. The molecule has 1 nitrogen and oxygen atoms in total. The van der Waals surface area contributed by atoms with E-state index >= 15 is 0 Å². The van der Waals surface area contributed by atoms with E-state index in [9.17, 15) is 4.79 Å². The van der Waals surface area contributed by atoms with E-state index < -0.39 is 0 Å². The maximum absolute atomic E-state index is 11.7. The van der Waals surface area contributed by atoms with Crippen molar-refractivity contribution in [2.75, 3.05) is 23.5 Å². The van der Waals surface area contributed by atoms with Gasteiger partial charge in [0.1, 0.15) is 0 Å². The zero-order chi connectivity index (χ0) is 11.1. The van der Waals surface area contributed by atoms with Crippen molar-refractivity contribution in [2.45, 2.75) is 6.92 Å². The van der Waals surface area contributed by atoms with Gasteiger partial charge >= 0.3 is 0 Å². The van der Waals surface area contributed by atoms with E-state index in [-0.39, 0.29) is 5.78 Å². The van der Waals surface area contributed by atoms with E-state index in [1.165, 1.54) is 0 Å². The van der Waals surface area contributed by atoms with Gasteiger partial charge in [-0.05, 0) is 19.2 Å². The van der Waals surface area contributed by atoms with Gasteiger partial charge in [0.2, 0.25) is 0 Å². The van der Waals surface area contributed by atoms with Gasteiger partial charge in [-0.2, -0.15) is 23.5 Å². The second-order valence-corrected chi connectivity index (χ2v) is 5.43. The van der Waals surface area contributed by atoms with Gasteiger partial charge in [0, 0.05) is 17.1 Å². The van der Waals surface area contributed by atoms with Crippen molar-refractivity contribution in [3.63, 3.8) is 0 Å². The highest BCUT2D eigenvalue weighted by Crippen LogP contribution is 2.10. The lowest BCUT2D eigenvalue weighted by Crippen LogP contribution is -2.03. The van der Waals surface area contributed by atoms with Gasteiger partial charge in [0.05, 0.1) is 5.75 Å². The second-order valence-electron chi connectivity index (χ2n) is 3.34. The first kappa shape index (κ1) is 12.7. The van der Waals surface area contributed by atoms with Gasteiger partial charge in [-0.15, -0.1) is 0 Å². The maximum Gasteiger partial charge on any atom is 0.172 e. The highest BCUT2D eigenvalue weighted by atomic mass is 32.2. The summed E-state index contributed by atoms with van der Waals surface area (Å²) in [7, 11) is 0. The number of thioether (sulfide) groups is 2. The van der Waals surface area contributed by atoms with Crippen LogP contribution >= 0.6 is 23.5 Å². The molecule has 0 aromatic heterocycles. The van der Waals surface area contributed by atoms with Crippen LogP contribution in [0, 0.1) is 6.92 Å². The van der Waals surface area contributed by atoms with Crippen molar-refractivity contribution in [1.82, 2.24) is 0 Å². The van der Waals surface area contributed by atoms with Gasteiger partial charge in [0.15, 0.2) is 5.78 Å². The highest BCUT2D eigenvalue weighted by molar-refractivity contribution is 8.02. The molecule has 0 aliphatic heterocycles. The summed E-state index contributed by atoms with van der Waals surface area (Å²) in [5, 5.41) is 0. The number of Topliss-reactive ketones (excluding diaryl/α,β-unsaturated/α-hetero) is 1. The normalized spacial score (nSPS) is 10.3. The third kappa shape index (κ3) is 4.76. The average Bonchev–Trinajstić information content (AvgIpc) is 2.24. The van der Waals surface area contributed by atoms with Crippen LogP contribution in [0.4, 0.5) is 0 Å². The molecule has 0 fully saturated rings. The average molecular weight is 240 g/mol. The summed E-state index contributed by atoms with van der Waals surface area (Å²) in [5.74, 6) is 3.01. The molecule has 0 spiro atoms. The molecule has 1 rings (SSSR count). The number of ketones is 1. The van der Waals surface area contributed by atoms with Crippen LogP contribution in [0.5, 0.6) is 0 Å². The minimum atomic E-state index is 0.241. The van der Waals surface area contributed by atoms with Gasteiger partial charge < -0.3 is 0 Å². The van der Waals surface area contributed by atoms with Crippen LogP contribution < -0.4 is 0 Å². The Labute approximate surface area is 100 Å². The highest BCUT2D eigenvalue weighted by Gasteiger charge is 2.05. The minimum Gasteiger partial charge on any atom is -0.293 e. The van der Waals surface area contributed by atoms with Crippen LogP contribution in [-0.2, 0) is 0 Å². The van der Waals surface area contributed by atoms with Gasteiger partial charge in [0.25, 0.3) is 0 Å². The first-order valence-corrected chi connectivity index (χ1v) is 7.45. The molecule has 0 heterocycles. The fourth-order valence-electron chi connectivity index (χ4n) is 1.21. The predicted molar refractivity (Wildman–Crippen MR) is 71.2 cm³/mol. The standard InChI is InChI=1S/C12H16OS2/c1-10-4-3-5-11(8-10)12(13)9-15-7-6-14-2/h3-5,8H,6-7,9H2,1-2H3. The van der Waals surface area contributed by atoms with Crippen molar-refractivity contribution in [3.05, 3.63) is 35.4 Å². The number of rotatable bonds is 6. The number of carbonyl (C=O) groups excluding carboxylic acids is 1. The van der Waals surface area contributed by atoms with Gasteiger partial charge in [-0.1, -0.05) is 23.8 Å². The minimum absolute atomic E-state index is 0.241. The lowest BCUT2D eigenvalue weighted by molar-refractivity contribution is 0.102. The molecule has 0 aliphatic carbocycles. The third-order valence-electron chi connectivity index (χ3n) is 2.00. The number of carbonyl (C=O) groups is 1.